The molecule has 1 fully saturated rings. The highest BCUT2D eigenvalue weighted by Crippen LogP contribution is 2.39. The van der Waals surface area contributed by atoms with E-state index in [0.29, 0.717) is 36.9 Å². The fourth-order valence-electron chi connectivity index (χ4n) is 2.70. The maximum Gasteiger partial charge on any atom is 0.325 e. The van der Waals surface area contributed by atoms with E-state index in [-0.39, 0.29) is 18.5 Å². The summed E-state index contributed by atoms with van der Waals surface area (Å²) in [6.07, 6.45) is 0.165. The second-order valence-corrected chi connectivity index (χ2v) is 5.11. The van der Waals surface area contributed by atoms with E-state index in [1.807, 2.05) is 0 Å². The van der Waals surface area contributed by atoms with E-state index in [9.17, 15) is 9.59 Å². The number of fused-ring (bicyclic) bond motifs is 3. The molecule has 0 aromatic heterocycles. The van der Waals surface area contributed by atoms with Crippen molar-refractivity contribution >= 4 is 17.6 Å². The molecular formula is C14H17N3O4. The van der Waals surface area contributed by atoms with Crippen LogP contribution in [0.5, 0.6) is 11.5 Å². The van der Waals surface area contributed by atoms with Gasteiger partial charge in [-0.25, -0.2) is 4.79 Å². The van der Waals surface area contributed by atoms with Crippen LogP contribution >= 0.6 is 0 Å². The van der Waals surface area contributed by atoms with Crippen molar-refractivity contribution in [1.29, 1.82) is 0 Å². The van der Waals surface area contributed by atoms with Crippen LogP contribution in [-0.4, -0.2) is 49.7 Å². The zero-order chi connectivity index (χ0) is 15.0. The standard InChI is InChI=1S/C14H17N3O4/c1-20-10-2-3-12-11(6-10)17-9(8-21-12)7-16(14(17)19)5-4-13(15)18/h2-3,6,9H,4-5,7-8H2,1H3,(H2,15,18). The zero-order valence-corrected chi connectivity index (χ0v) is 11.7. The highest BCUT2D eigenvalue weighted by Gasteiger charge is 2.42. The van der Waals surface area contributed by atoms with Gasteiger partial charge in [0, 0.05) is 25.6 Å². The number of ether oxygens (including phenoxy) is 2. The Morgan fingerprint density at radius 1 is 1.52 bits per heavy atom. The van der Waals surface area contributed by atoms with Gasteiger partial charge in [0.1, 0.15) is 18.1 Å². The monoisotopic (exact) mass is 291 g/mol. The molecule has 2 heterocycles. The Hall–Kier alpha value is -2.44. The smallest absolute Gasteiger partial charge is 0.325 e. The first-order valence-electron chi connectivity index (χ1n) is 6.77. The molecule has 0 saturated carbocycles. The van der Waals surface area contributed by atoms with E-state index < -0.39 is 5.91 Å². The van der Waals surface area contributed by atoms with Gasteiger partial charge in [0.05, 0.1) is 18.8 Å². The molecule has 0 bridgehead atoms. The maximum atomic E-state index is 12.5. The largest absolute Gasteiger partial charge is 0.497 e. The van der Waals surface area contributed by atoms with Crippen molar-refractivity contribution in [3.63, 3.8) is 0 Å². The zero-order valence-electron chi connectivity index (χ0n) is 11.7. The predicted octanol–water partition coefficient (Wildman–Crippen LogP) is 0.574. The Morgan fingerprint density at radius 2 is 2.33 bits per heavy atom. The molecule has 2 N–H and O–H groups in total. The van der Waals surface area contributed by atoms with Gasteiger partial charge in [-0.1, -0.05) is 0 Å². The first-order valence-corrected chi connectivity index (χ1v) is 6.77. The van der Waals surface area contributed by atoms with Crippen molar-refractivity contribution in [2.45, 2.75) is 12.5 Å². The molecule has 7 heteroatoms. The van der Waals surface area contributed by atoms with E-state index in [0.717, 1.165) is 0 Å². The van der Waals surface area contributed by atoms with Crippen molar-refractivity contribution < 1.29 is 19.1 Å². The Bertz CT molecular complexity index is 590. The van der Waals surface area contributed by atoms with E-state index in [1.54, 1.807) is 35.1 Å². The van der Waals surface area contributed by atoms with Gasteiger partial charge in [0.25, 0.3) is 0 Å². The highest BCUT2D eigenvalue weighted by molar-refractivity contribution is 5.97. The summed E-state index contributed by atoms with van der Waals surface area (Å²) >= 11 is 0. The number of nitrogens with zero attached hydrogens (tertiary/aromatic N) is 2. The van der Waals surface area contributed by atoms with Gasteiger partial charge < -0.3 is 20.1 Å². The first kappa shape index (κ1) is 13.5. The summed E-state index contributed by atoms with van der Waals surface area (Å²) in [7, 11) is 1.58. The summed E-state index contributed by atoms with van der Waals surface area (Å²) in [6, 6.07) is 5.20. The summed E-state index contributed by atoms with van der Waals surface area (Å²) < 4.78 is 10.9. The number of nitrogens with two attached hydrogens (primary N) is 1. The molecule has 112 valence electrons. The molecule has 3 rings (SSSR count). The minimum Gasteiger partial charge on any atom is -0.497 e. The number of rotatable bonds is 4. The lowest BCUT2D eigenvalue weighted by atomic mass is 10.2. The lowest BCUT2D eigenvalue weighted by Crippen LogP contribution is -2.41. The Balaban J connectivity index is 1.86. The average Bonchev–Trinajstić information content (AvgIpc) is 2.81. The Kier molecular flexibility index (Phi) is 3.32. The maximum absolute atomic E-state index is 12.5. The number of primary amides is 1. The molecule has 7 nitrogen and oxygen atoms in total. The minimum atomic E-state index is -0.411. The molecule has 1 aromatic rings. The third-order valence-corrected chi connectivity index (χ3v) is 3.76. The van der Waals surface area contributed by atoms with Gasteiger partial charge in [0.15, 0.2) is 0 Å². The molecular weight excluding hydrogens is 274 g/mol. The second-order valence-electron chi connectivity index (χ2n) is 5.11. The van der Waals surface area contributed by atoms with Crippen molar-refractivity contribution in [3.05, 3.63) is 18.2 Å². The van der Waals surface area contributed by atoms with E-state index >= 15 is 0 Å². The number of methoxy groups -OCH3 is 1. The molecule has 21 heavy (non-hydrogen) atoms. The van der Waals surface area contributed by atoms with Crippen LogP contribution in [0.4, 0.5) is 10.5 Å². The van der Waals surface area contributed by atoms with Crippen molar-refractivity contribution in [2.24, 2.45) is 5.73 Å². The minimum absolute atomic E-state index is 0.0509. The van der Waals surface area contributed by atoms with E-state index in [1.165, 1.54) is 0 Å². The van der Waals surface area contributed by atoms with Crippen LogP contribution in [0.1, 0.15) is 6.42 Å². The number of carbonyl (C=O) groups is 2. The molecule has 1 saturated heterocycles. The number of urea groups is 1. The van der Waals surface area contributed by atoms with Crippen LogP contribution < -0.4 is 20.1 Å². The van der Waals surface area contributed by atoms with Crippen LogP contribution in [0.3, 0.4) is 0 Å². The lowest BCUT2D eigenvalue weighted by molar-refractivity contribution is -0.118. The first-order chi connectivity index (χ1) is 10.1. The van der Waals surface area contributed by atoms with Gasteiger partial charge >= 0.3 is 6.03 Å². The molecule has 3 amide bonds. The summed E-state index contributed by atoms with van der Waals surface area (Å²) in [6.45, 7) is 1.31. The van der Waals surface area contributed by atoms with Gasteiger partial charge in [-0.05, 0) is 12.1 Å². The second kappa shape index (κ2) is 5.16. The lowest BCUT2D eigenvalue weighted by Gasteiger charge is -2.30. The number of benzene rings is 1. The van der Waals surface area contributed by atoms with Gasteiger partial charge in [-0.3, -0.25) is 9.69 Å². The molecule has 0 radical (unpaired) electrons. The Morgan fingerprint density at radius 3 is 3.05 bits per heavy atom. The number of hydrogen-bond acceptors (Lipinski definition) is 4. The molecule has 2 aliphatic heterocycles. The summed E-state index contributed by atoms with van der Waals surface area (Å²) in [5.74, 6) is 0.921. The fourth-order valence-corrected chi connectivity index (χ4v) is 2.70. The van der Waals surface area contributed by atoms with Crippen LogP contribution in [-0.2, 0) is 4.79 Å². The molecule has 1 atom stereocenters. The van der Waals surface area contributed by atoms with Gasteiger partial charge in [0.2, 0.25) is 5.91 Å². The SMILES string of the molecule is COc1ccc2c(c1)N1C(=O)N(CCC(N)=O)CC1CO2. The summed E-state index contributed by atoms with van der Waals surface area (Å²) in [5.41, 5.74) is 5.85. The van der Waals surface area contributed by atoms with Crippen LogP contribution in [0.2, 0.25) is 0 Å². The van der Waals surface area contributed by atoms with Crippen LogP contribution in [0, 0.1) is 0 Å². The van der Waals surface area contributed by atoms with Crippen LogP contribution in [0.25, 0.3) is 0 Å². The number of carbonyl (C=O) groups excluding carboxylic acids is 2. The summed E-state index contributed by atoms with van der Waals surface area (Å²) in [5, 5.41) is 0. The number of amides is 3. The van der Waals surface area contributed by atoms with Gasteiger partial charge in [-0.2, -0.15) is 0 Å². The van der Waals surface area contributed by atoms with Gasteiger partial charge in [-0.15, -0.1) is 0 Å². The third kappa shape index (κ3) is 2.35. The van der Waals surface area contributed by atoms with Crippen molar-refractivity contribution in [3.8, 4) is 11.5 Å². The fraction of sp³-hybridized carbons (Fsp3) is 0.429. The van der Waals surface area contributed by atoms with Crippen molar-refractivity contribution in [2.75, 3.05) is 31.7 Å². The molecule has 0 spiro atoms. The molecule has 1 unspecified atom stereocenters. The van der Waals surface area contributed by atoms with E-state index in [4.69, 9.17) is 15.2 Å². The molecule has 0 aliphatic carbocycles. The van der Waals surface area contributed by atoms with Crippen molar-refractivity contribution in [1.82, 2.24) is 4.90 Å². The van der Waals surface area contributed by atoms with E-state index in [2.05, 4.69) is 0 Å². The quantitative estimate of drug-likeness (QED) is 0.879. The Labute approximate surface area is 122 Å². The predicted molar refractivity (Wildman–Crippen MR) is 75.5 cm³/mol. The highest BCUT2D eigenvalue weighted by atomic mass is 16.5. The normalized spacial score (nSPS) is 19.9. The molecule has 1 aromatic carbocycles. The topological polar surface area (TPSA) is 85.1 Å². The number of hydrogen-bond donors (Lipinski definition) is 1. The summed E-state index contributed by atoms with van der Waals surface area (Å²) in [4.78, 5) is 26.7. The van der Waals surface area contributed by atoms with Crippen LogP contribution in [0.15, 0.2) is 18.2 Å². The average molecular weight is 291 g/mol. The molecule has 2 aliphatic rings. The number of anilines is 1. The third-order valence-electron chi connectivity index (χ3n) is 3.76.